The van der Waals surface area contributed by atoms with Gasteiger partial charge in [0.05, 0.1) is 12.0 Å². The lowest BCUT2D eigenvalue weighted by Crippen LogP contribution is -2.69. The monoisotopic (exact) mass is 376 g/mol. The van der Waals surface area contributed by atoms with E-state index in [9.17, 15) is 19.8 Å². The Labute approximate surface area is 161 Å². The number of carbonyl (C=O) groups is 2. The highest BCUT2D eigenvalue weighted by atomic mass is 16.5. The highest BCUT2D eigenvalue weighted by Crippen LogP contribution is 2.70. The second kappa shape index (κ2) is 5.66. The summed E-state index contributed by atoms with van der Waals surface area (Å²) in [5.74, 6) is -0.813. The summed E-state index contributed by atoms with van der Waals surface area (Å²) >= 11 is 0. The lowest BCUT2D eigenvalue weighted by atomic mass is 9.37. The SMILES string of the molecule is CC(=O)OC[C@]1(O)CC23C=CC1C(=O)C2[C@]1(C)CC[C@@H](O)C(C)(C)C1CC3. The molecule has 2 bridgehead atoms. The number of esters is 1. The van der Waals surface area contributed by atoms with Crippen LogP contribution in [-0.4, -0.2) is 40.3 Å². The quantitative estimate of drug-likeness (QED) is 0.572. The van der Waals surface area contributed by atoms with Crippen molar-refractivity contribution in [2.45, 2.75) is 71.5 Å². The Hall–Kier alpha value is -1.20. The number of hydrogen-bond donors (Lipinski definition) is 2. The number of Topliss-reactive ketones (excluding diaryl/α,β-unsaturated/α-hetero) is 1. The van der Waals surface area contributed by atoms with Crippen molar-refractivity contribution in [2.75, 3.05) is 6.61 Å². The zero-order chi connectivity index (χ0) is 19.8. The van der Waals surface area contributed by atoms with Crippen LogP contribution < -0.4 is 0 Å². The number of ketones is 1. The van der Waals surface area contributed by atoms with E-state index in [4.69, 9.17) is 4.74 Å². The summed E-state index contributed by atoms with van der Waals surface area (Å²) in [6, 6.07) is 0. The molecule has 150 valence electrons. The molecule has 3 fully saturated rings. The minimum absolute atomic E-state index is 0.0952. The van der Waals surface area contributed by atoms with Gasteiger partial charge in [-0.05, 0) is 48.9 Å². The van der Waals surface area contributed by atoms with E-state index in [1.165, 1.54) is 6.92 Å². The maximum Gasteiger partial charge on any atom is 0.302 e. The first kappa shape index (κ1) is 19.1. The average molecular weight is 376 g/mol. The predicted molar refractivity (Wildman–Crippen MR) is 99.6 cm³/mol. The van der Waals surface area contributed by atoms with Gasteiger partial charge in [0.15, 0.2) is 0 Å². The summed E-state index contributed by atoms with van der Waals surface area (Å²) in [5, 5.41) is 21.8. The molecular formula is C22H32O5. The summed E-state index contributed by atoms with van der Waals surface area (Å²) < 4.78 is 5.13. The Morgan fingerprint density at radius 1 is 1.26 bits per heavy atom. The standard InChI is InChI=1S/C22H32O5/c1-13(23)27-12-22(26)11-21-9-5-14(22)17(25)18(21)20(4)8-7-16(24)19(2,3)15(20)6-10-21/h5,9,14-16,18,24,26H,6-8,10-12H2,1-4H3/t14?,15?,16-,18?,20-,21?,22-/m1/s1. The Morgan fingerprint density at radius 3 is 2.63 bits per heavy atom. The third-order valence-electron chi connectivity index (χ3n) is 8.59. The number of ether oxygens (including phenoxy) is 1. The van der Waals surface area contributed by atoms with E-state index in [-0.39, 0.29) is 46.6 Å². The van der Waals surface area contributed by atoms with Gasteiger partial charge in [0.2, 0.25) is 0 Å². The van der Waals surface area contributed by atoms with Gasteiger partial charge in [0, 0.05) is 18.3 Å². The summed E-state index contributed by atoms with van der Waals surface area (Å²) in [6.45, 7) is 7.70. The first-order chi connectivity index (χ1) is 12.5. The van der Waals surface area contributed by atoms with Gasteiger partial charge < -0.3 is 14.9 Å². The topological polar surface area (TPSA) is 83.8 Å². The average Bonchev–Trinajstić information content (AvgIpc) is 2.56. The first-order valence-electron chi connectivity index (χ1n) is 10.2. The second-order valence-electron chi connectivity index (χ2n) is 10.4. The summed E-state index contributed by atoms with van der Waals surface area (Å²) in [7, 11) is 0. The highest BCUT2D eigenvalue weighted by molar-refractivity contribution is 5.91. The van der Waals surface area contributed by atoms with Crippen molar-refractivity contribution in [1.29, 1.82) is 0 Å². The van der Waals surface area contributed by atoms with Crippen molar-refractivity contribution in [3.05, 3.63) is 12.2 Å². The summed E-state index contributed by atoms with van der Waals surface area (Å²) in [4.78, 5) is 24.9. The molecule has 0 saturated heterocycles. The zero-order valence-electron chi connectivity index (χ0n) is 16.8. The smallest absolute Gasteiger partial charge is 0.302 e. The number of hydrogen-bond acceptors (Lipinski definition) is 5. The molecule has 5 heteroatoms. The molecule has 5 rings (SSSR count). The van der Waals surface area contributed by atoms with Crippen LogP contribution in [0.4, 0.5) is 0 Å². The van der Waals surface area contributed by atoms with Crippen LogP contribution in [0.1, 0.15) is 59.8 Å². The fourth-order valence-electron chi connectivity index (χ4n) is 7.43. The maximum absolute atomic E-state index is 13.6. The van der Waals surface area contributed by atoms with Gasteiger partial charge in [-0.1, -0.05) is 32.9 Å². The molecule has 4 unspecified atom stereocenters. The van der Waals surface area contributed by atoms with E-state index in [0.717, 1.165) is 19.3 Å². The molecule has 0 aromatic carbocycles. The molecule has 27 heavy (non-hydrogen) atoms. The third kappa shape index (κ3) is 2.43. The van der Waals surface area contributed by atoms with Crippen molar-refractivity contribution >= 4 is 11.8 Å². The Morgan fingerprint density at radius 2 is 1.96 bits per heavy atom. The molecule has 0 aliphatic heterocycles. The number of allylic oxidation sites excluding steroid dienone is 1. The van der Waals surface area contributed by atoms with Crippen LogP contribution in [-0.2, 0) is 14.3 Å². The molecule has 0 heterocycles. The highest BCUT2D eigenvalue weighted by Gasteiger charge is 2.69. The number of carbonyl (C=O) groups excluding carboxylic acids is 2. The molecule has 1 spiro atoms. The van der Waals surface area contributed by atoms with Gasteiger partial charge in [-0.3, -0.25) is 9.59 Å². The largest absolute Gasteiger partial charge is 0.463 e. The number of aliphatic hydroxyl groups is 2. The third-order valence-corrected chi connectivity index (χ3v) is 8.59. The molecule has 5 nitrogen and oxygen atoms in total. The lowest BCUT2D eigenvalue weighted by molar-refractivity contribution is -0.213. The van der Waals surface area contributed by atoms with Gasteiger partial charge >= 0.3 is 5.97 Å². The van der Waals surface area contributed by atoms with Crippen LogP contribution >= 0.6 is 0 Å². The number of rotatable bonds is 2. The van der Waals surface area contributed by atoms with Crippen molar-refractivity contribution in [3.63, 3.8) is 0 Å². The molecule has 0 amide bonds. The molecule has 7 atom stereocenters. The van der Waals surface area contributed by atoms with E-state index in [1.807, 2.05) is 6.08 Å². The lowest BCUT2D eigenvalue weighted by Gasteiger charge is -2.67. The first-order valence-corrected chi connectivity index (χ1v) is 10.2. The number of fused-ring (bicyclic) bond motifs is 2. The molecule has 5 aliphatic rings. The van der Waals surface area contributed by atoms with Gasteiger partial charge in [0.25, 0.3) is 0 Å². The number of aliphatic hydroxyl groups excluding tert-OH is 1. The van der Waals surface area contributed by atoms with Crippen molar-refractivity contribution in [2.24, 2.45) is 34.0 Å². The van der Waals surface area contributed by atoms with E-state index in [2.05, 4.69) is 26.8 Å². The van der Waals surface area contributed by atoms with E-state index >= 15 is 0 Å². The minimum Gasteiger partial charge on any atom is -0.463 e. The van der Waals surface area contributed by atoms with Crippen LogP contribution in [0.25, 0.3) is 0 Å². The van der Waals surface area contributed by atoms with E-state index < -0.39 is 17.5 Å². The molecule has 2 N–H and O–H groups in total. The molecule has 0 aromatic rings. The summed E-state index contributed by atoms with van der Waals surface area (Å²) in [6.07, 6.45) is 7.47. The van der Waals surface area contributed by atoms with Gasteiger partial charge in [-0.25, -0.2) is 0 Å². The molecule has 0 aromatic heterocycles. The maximum atomic E-state index is 13.6. The molecular weight excluding hydrogens is 344 g/mol. The van der Waals surface area contributed by atoms with Crippen LogP contribution in [0.15, 0.2) is 12.2 Å². The van der Waals surface area contributed by atoms with Gasteiger partial charge in [-0.15, -0.1) is 0 Å². The summed E-state index contributed by atoms with van der Waals surface area (Å²) in [5.41, 5.74) is -2.07. The van der Waals surface area contributed by atoms with Crippen molar-refractivity contribution in [3.8, 4) is 0 Å². The van der Waals surface area contributed by atoms with Crippen LogP contribution in [0, 0.1) is 34.0 Å². The van der Waals surface area contributed by atoms with Gasteiger partial charge in [-0.2, -0.15) is 0 Å². The fraction of sp³-hybridized carbons (Fsp3) is 0.818. The van der Waals surface area contributed by atoms with Crippen LogP contribution in [0.5, 0.6) is 0 Å². The van der Waals surface area contributed by atoms with Crippen LogP contribution in [0.2, 0.25) is 0 Å². The van der Waals surface area contributed by atoms with Crippen LogP contribution in [0.3, 0.4) is 0 Å². The van der Waals surface area contributed by atoms with Crippen molar-refractivity contribution < 1.29 is 24.5 Å². The zero-order valence-corrected chi connectivity index (χ0v) is 16.8. The van der Waals surface area contributed by atoms with Crippen molar-refractivity contribution in [1.82, 2.24) is 0 Å². The Bertz CT molecular complexity index is 711. The molecule has 3 saturated carbocycles. The van der Waals surface area contributed by atoms with Gasteiger partial charge in [0.1, 0.15) is 18.0 Å². The Balaban J connectivity index is 1.72. The Kier molecular flexibility index (Phi) is 4.01. The minimum atomic E-state index is -1.30. The van der Waals surface area contributed by atoms with E-state index in [1.54, 1.807) is 0 Å². The second-order valence-corrected chi connectivity index (χ2v) is 10.4. The van der Waals surface area contributed by atoms with E-state index in [0.29, 0.717) is 12.8 Å². The fourth-order valence-corrected chi connectivity index (χ4v) is 7.43. The molecule has 5 aliphatic carbocycles. The molecule has 0 radical (unpaired) electrons. The predicted octanol–water partition coefficient (Wildman–Crippen LogP) is 2.64. The normalized spacial score (nSPS) is 50.1.